The maximum Gasteiger partial charge on any atom is 0.337 e. The first-order valence-corrected chi connectivity index (χ1v) is 7.24. The van der Waals surface area contributed by atoms with Gasteiger partial charge in [-0.3, -0.25) is 4.79 Å². The molecule has 3 N–H and O–H groups in total. The molecule has 1 aromatic carbocycles. The second-order valence-electron chi connectivity index (χ2n) is 4.18. The number of amides is 1. The average molecular weight is 345 g/mol. The summed E-state index contributed by atoms with van der Waals surface area (Å²) in [5, 5.41) is 9.21. The molecule has 2 aromatic rings. The first-order chi connectivity index (χ1) is 9.81. The number of aromatic carboxylic acids is 1. The molecule has 0 saturated heterocycles. The molecule has 0 aliphatic rings. The van der Waals surface area contributed by atoms with Gasteiger partial charge in [-0.1, -0.05) is 23.2 Å². The van der Waals surface area contributed by atoms with Gasteiger partial charge >= 0.3 is 5.97 Å². The molecule has 1 amide bonds. The molecule has 0 saturated carbocycles. The van der Waals surface area contributed by atoms with Gasteiger partial charge in [0.1, 0.15) is 4.34 Å². The number of thiophene rings is 1. The number of carbonyl (C=O) groups excluding carboxylic acids is 1. The summed E-state index contributed by atoms with van der Waals surface area (Å²) in [6.45, 7) is 0. The molecule has 0 atom stereocenters. The third-order valence-electron chi connectivity index (χ3n) is 2.80. The first kappa shape index (κ1) is 15.6. The van der Waals surface area contributed by atoms with E-state index in [9.17, 15) is 14.7 Å². The van der Waals surface area contributed by atoms with Gasteiger partial charge in [-0.25, -0.2) is 4.79 Å². The number of nitrogens with zero attached hydrogens (tertiary/aromatic N) is 1. The van der Waals surface area contributed by atoms with Gasteiger partial charge in [0.05, 0.1) is 21.2 Å². The summed E-state index contributed by atoms with van der Waals surface area (Å²) in [5.41, 5.74) is 6.26. The molecule has 1 heterocycles. The highest BCUT2D eigenvalue weighted by atomic mass is 35.5. The molecule has 110 valence electrons. The SMILES string of the molecule is CN(C(=O)c1cc(Cl)sc1Cl)c1ccc(N)cc1C(=O)O. The van der Waals surface area contributed by atoms with Gasteiger partial charge in [-0.15, -0.1) is 11.3 Å². The number of nitrogens with two attached hydrogens (primary N) is 1. The van der Waals surface area contributed by atoms with Crippen molar-refractivity contribution >= 4 is 57.8 Å². The molecule has 0 radical (unpaired) electrons. The van der Waals surface area contributed by atoms with E-state index in [1.54, 1.807) is 0 Å². The molecule has 1 aromatic heterocycles. The normalized spacial score (nSPS) is 10.4. The van der Waals surface area contributed by atoms with Crippen LogP contribution >= 0.6 is 34.5 Å². The molecule has 0 aliphatic carbocycles. The smallest absolute Gasteiger partial charge is 0.337 e. The summed E-state index contributed by atoms with van der Waals surface area (Å²) in [6.07, 6.45) is 0. The van der Waals surface area contributed by atoms with Crippen LogP contribution in [0.4, 0.5) is 11.4 Å². The maximum atomic E-state index is 12.4. The summed E-state index contributed by atoms with van der Waals surface area (Å²) < 4.78 is 0.636. The third-order valence-corrected chi connectivity index (χ3v) is 4.29. The third kappa shape index (κ3) is 3.12. The number of carboxylic acids is 1. The van der Waals surface area contributed by atoms with Crippen LogP contribution < -0.4 is 10.6 Å². The van der Waals surface area contributed by atoms with Crippen molar-refractivity contribution in [2.75, 3.05) is 17.7 Å². The van der Waals surface area contributed by atoms with Crippen LogP contribution in [0.2, 0.25) is 8.67 Å². The van der Waals surface area contributed by atoms with Gasteiger partial charge in [0.15, 0.2) is 0 Å². The van der Waals surface area contributed by atoms with E-state index in [1.807, 2.05) is 0 Å². The van der Waals surface area contributed by atoms with E-state index in [4.69, 9.17) is 28.9 Å². The number of halogens is 2. The lowest BCUT2D eigenvalue weighted by molar-refractivity contribution is 0.0698. The van der Waals surface area contributed by atoms with Gasteiger partial charge in [0.25, 0.3) is 5.91 Å². The van der Waals surface area contributed by atoms with Crippen molar-refractivity contribution in [1.82, 2.24) is 0 Å². The minimum absolute atomic E-state index is 0.0664. The topological polar surface area (TPSA) is 83.6 Å². The van der Waals surface area contributed by atoms with Crippen LogP contribution in [0.1, 0.15) is 20.7 Å². The number of anilines is 2. The Hall–Kier alpha value is -1.76. The average Bonchev–Trinajstić information content (AvgIpc) is 2.76. The molecule has 0 unspecified atom stereocenters. The highest BCUT2D eigenvalue weighted by Crippen LogP contribution is 2.33. The first-order valence-electron chi connectivity index (χ1n) is 5.67. The van der Waals surface area contributed by atoms with Crippen LogP contribution in [0, 0.1) is 0 Å². The molecule has 5 nitrogen and oxygen atoms in total. The van der Waals surface area contributed by atoms with Crippen LogP contribution in [-0.4, -0.2) is 24.0 Å². The van der Waals surface area contributed by atoms with E-state index in [-0.39, 0.29) is 21.2 Å². The zero-order chi connectivity index (χ0) is 15.7. The Kier molecular flexibility index (Phi) is 4.41. The number of nitrogen functional groups attached to an aromatic ring is 1. The zero-order valence-electron chi connectivity index (χ0n) is 10.8. The minimum Gasteiger partial charge on any atom is -0.478 e. The van der Waals surface area contributed by atoms with Crippen LogP contribution in [-0.2, 0) is 0 Å². The zero-order valence-corrected chi connectivity index (χ0v) is 13.1. The number of hydrogen-bond donors (Lipinski definition) is 2. The standard InChI is InChI=1S/C13H10Cl2N2O3S/c1-17(12(18)8-5-10(14)21-11(8)15)9-3-2-6(16)4-7(9)13(19)20/h2-5H,16H2,1H3,(H,19,20). The van der Waals surface area contributed by atoms with E-state index in [0.717, 1.165) is 11.3 Å². The molecule has 0 spiro atoms. The molecule has 21 heavy (non-hydrogen) atoms. The Morgan fingerprint density at radius 3 is 2.43 bits per heavy atom. The van der Waals surface area contributed by atoms with Crippen molar-refractivity contribution in [2.45, 2.75) is 0 Å². The minimum atomic E-state index is -1.17. The summed E-state index contributed by atoms with van der Waals surface area (Å²) in [4.78, 5) is 24.9. The van der Waals surface area contributed by atoms with E-state index >= 15 is 0 Å². The summed E-state index contributed by atoms with van der Waals surface area (Å²) >= 11 is 12.8. The second-order valence-corrected chi connectivity index (χ2v) is 6.47. The number of hydrogen-bond acceptors (Lipinski definition) is 4. The fourth-order valence-electron chi connectivity index (χ4n) is 1.79. The van der Waals surface area contributed by atoms with E-state index < -0.39 is 11.9 Å². The lowest BCUT2D eigenvalue weighted by Crippen LogP contribution is -2.27. The Labute approximate surface area is 134 Å². The monoisotopic (exact) mass is 344 g/mol. The molecular formula is C13H10Cl2N2O3S. The van der Waals surface area contributed by atoms with Crippen molar-refractivity contribution in [2.24, 2.45) is 0 Å². The lowest BCUT2D eigenvalue weighted by Gasteiger charge is -2.19. The van der Waals surface area contributed by atoms with Crippen LogP contribution in [0.3, 0.4) is 0 Å². The van der Waals surface area contributed by atoms with Gasteiger partial charge in [-0.05, 0) is 24.3 Å². The Bertz CT molecular complexity index is 730. The summed E-state index contributed by atoms with van der Waals surface area (Å²) in [5.74, 6) is -1.62. The summed E-state index contributed by atoms with van der Waals surface area (Å²) in [7, 11) is 1.46. The fraction of sp³-hybridized carbons (Fsp3) is 0.0769. The van der Waals surface area contributed by atoms with Gasteiger partial charge in [0, 0.05) is 12.7 Å². The fourth-order valence-corrected chi connectivity index (χ4v) is 3.24. The number of carboxylic acid groups (broad SMARTS) is 1. The van der Waals surface area contributed by atoms with Crippen molar-refractivity contribution < 1.29 is 14.7 Å². The molecule has 0 aliphatic heterocycles. The highest BCUT2D eigenvalue weighted by Gasteiger charge is 2.23. The van der Waals surface area contributed by atoms with E-state index in [2.05, 4.69) is 0 Å². The Morgan fingerprint density at radius 2 is 1.90 bits per heavy atom. The van der Waals surface area contributed by atoms with Crippen molar-refractivity contribution in [1.29, 1.82) is 0 Å². The van der Waals surface area contributed by atoms with Gasteiger partial charge < -0.3 is 15.7 Å². The van der Waals surface area contributed by atoms with Crippen molar-refractivity contribution in [3.63, 3.8) is 0 Å². The van der Waals surface area contributed by atoms with Crippen LogP contribution in [0.25, 0.3) is 0 Å². The summed E-state index contributed by atoms with van der Waals surface area (Å²) in [6, 6.07) is 5.74. The van der Waals surface area contributed by atoms with Gasteiger partial charge in [0.2, 0.25) is 0 Å². The predicted molar refractivity (Wildman–Crippen MR) is 84.9 cm³/mol. The van der Waals surface area contributed by atoms with Crippen molar-refractivity contribution in [3.05, 3.63) is 44.1 Å². The van der Waals surface area contributed by atoms with Gasteiger partial charge in [-0.2, -0.15) is 0 Å². The second kappa shape index (κ2) is 5.93. The lowest BCUT2D eigenvalue weighted by atomic mass is 10.1. The number of carbonyl (C=O) groups is 2. The maximum absolute atomic E-state index is 12.4. The largest absolute Gasteiger partial charge is 0.478 e. The molecule has 8 heteroatoms. The quantitative estimate of drug-likeness (QED) is 0.833. The number of benzene rings is 1. The molecular weight excluding hydrogens is 335 g/mol. The Balaban J connectivity index is 2.45. The van der Waals surface area contributed by atoms with E-state index in [0.29, 0.717) is 10.0 Å². The Morgan fingerprint density at radius 1 is 1.24 bits per heavy atom. The van der Waals surface area contributed by atoms with E-state index in [1.165, 1.54) is 36.2 Å². The molecule has 0 fully saturated rings. The predicted octanol–water partition coefficient (Wildman–Crippen LogP) is 3.61. The molecule has 2 rings (SSSR count). The van der Waals surface area contributed by atoms with Crippen LogP contribution in [0.15, 0.2) is 24.3 Å². The highest BCUT2D eigenvalue weighted by molar-refractivity contribution is 7.20. The molecule has 0 bridgehead atoms. The number of rotatable bonds is 3. The van der Waals surface area contributed by atoms with Crippen LogP contribution in [0.5, 0.6) is 0 Å². The van der Waals surface area contributed by atoms with Crippen molar-refractivity contribution in [3.8, 4) is 0 Å².